The van der Waals surface area contributed by atoms with E-state index in [1.54, 1.807) is 7.11 Å². The molecule has 3 rings (SSSR count). The fourth-order valence-corrected chi connectivity index (χ4v) is 3.04. The number of piperidine rings is 1. The zero-order chi connectivity index (χ0) is 13.8. The first-order chi connectivity index (χ1) is 9.85. The minimum Gasteiger partial charge on any atom is -0.493 e. The van der Waals surface area contributed by atoms with Crippen LogP contribution in [-0.4, -0.2) is 26.3 Å². The van der Waals surface area contributed by atoms with Gasteiger partial charge in [0.15, 0.2) is 11.5 Å². The van der Waals surface area contributed by atoms with Crippen molar-refractivity contribution < 1.29 is 9.47 Å². The van der Waals surface area contributed by atoms with Gasteiger partial charge in [-0.1, -0.05) is 6.07 Å². The Labute approximate surface area is 121 Å². The Kier molecular flexibility index (Phi) is 4.46. The Hall–Kier alpha value is -1.22. The molecule has 1 N–H and O–H groups in total. The molecule has 1 saturated carbocycles. The lowest BCUT2D eigenvalue weighted by Crippen LogP contribution is -2.30. The molecule has 1 aliphatic heterocycles. The summed E-state index contributed by atoms with van der Waals surface area (Å²) in [5.41, 5.74) is 1.36. The van der Waals surface area contributed by atoms with Crippen molar-refractivity contribution in [3.05, 3.63) is 23.8 Å². The van der Waals surface area contributed by atoms with E-state index in [1.807, 2.05) is 0 Å². The van der Waals surface area contributed by atoms with Crippen LogP contribution < -0.4 is 14.8 Å². The van der Waals surface area contributed by atoms with E-state index in [4.69, 9.17) is 9.47 Å². The van der Waals surface area contributed by atoms with Crippen molar-refractivity contribution in [1.82, 2.24) is 5.32 Å². The molecule has 2 fully saturated rings. The average Bonchev–Trinajstić information content (AvgIpc) is 2.45. The third-order valence-electron chi connectivity index (χ3n) is 4.50. The van der Waals surface area contributed by atoms with Crippen molar-refractivity contribution in [2.45, 2.75) is 44.6 Å². The van der Waals surface area contributed by atoms with E-state index in [0.717, 1.165) is 30.4 Å². The van der Waals surface area contributed by atoms with Crippen LogP contribution >= 0.6 is 0 Å². The monoisotopic (exact) mass is 275 g/mol. The molecule has 1 saturated heterocycles. The van der Waals surface area contributed by atoms with Gasteiger partial charge in [0.25, 0.3) is 0 Å². The smallest absolute Gasteiger partial charge is 0.161 e. The molecule has 1 atom stereocenters. The Morgan fingerprint density at radius 1 is 1.15 bits per heavy atom. The fourth-order valence-electron chi connectivity index (χ4n) is 3.04. The molecule has 0 radical (unpaired) electrons. The number of nitrogens with one attached hydrogen (secondary N) is 1. The van der Waals surface area contributed by atoms with Crippen molar-refractivity contribution in [1.29, 1.82) is 0 Å². The molecule has 110 valence electrons. The second-order valence-corrected chi connectivity index (χ2v) is 6.07. The summed E-state index contributed by atoms with van der Waals surface area (Å²) in [6.07, 6.45) is 7.81. The van der Waals surface area contributed by atoms with E-state index in [-0.39, 0.29) is 0 Å². The predicted molar refractivity (Wildman–Crippen MR) is 80.6 cm³/mol. The zero-order valence-electron chi connectivity index (χ0n) is 12.4. The molecule has 3 heteroatoms. The molecular formula is C17H25NO2. The van der Waals surface area contributed by atoms with Crippen molar-refractivity contribution in [2.75, 3.05) is 20.2 Å². The van der Waals surface area contributed by atoms with Crippen LogP contribution in [0.25, 0.3) is 0 Å². The van der Waals surface area contributed by atoms with Gasteiger partial charge in [0.05, 0.1) is 13.2 Å². The molecule has 2 aliphatic rings. The summed E-state index contributed by atoms with van der Waals surface area (Å²) in [6.45, 7) is 2.32. The first kappa shape index (κ1) is 13.7. The Bertz CT molecular complexity index is 437. The Morgan fingerprint density at radius 2 is 2.05 bits per heavy atom. The van der Waals surface area contributed by atoms with Crippen molar-refractivity contribution in [2.24, 2.45) is 5.92 Å². The number of hydrogen-bond acceptors (Lipinski definition) is 3. The second-order valence-electron chi connectivity index (χ2n) is 6.07. The Morgan fingerprint density at radius 3 is 2.70 bits per heavy atom. The lowest BCUT2D eigenvalue weighted by atomic mass is 9.92. The van der Waals surface area contributed by atoms with E-state index in [9.17, 15) is 0 Å². The molecule has 0 aromatic heterocycles. The summed E-state index contributed by atoms with van der Waals surface area (Å²) in [5.74, 6) is 2.55. The summed E-state index contributed by atoms with van der Waals surface area (Å²) < 4.78 is 11.5. The maximum Gasteiger partial charge on any atom is 0.161 e. The fraction of sp³-hybridized carbons (Fsp3) is 0.647. The predicted octanol–water partition coefficient (Wildman–Crippen LogP) is 3.17. The van der Waals surface area contributed by atoms with Crippen molar-refractivity contribution in [3.8, 4) is 11.5 Å². The Balaban J connectivity index is 1.65. The van der Waals surface area contributed by atoms with Crippen LogP contribution in [0.1, 0.15) is 37.7 Å². The summed E-state index contributed by atoms with van der Waals surface area (Å²) in [6, 6.07) is 6.44. The highest BCUT2D eigenvalue weighted by Gasteiger charge is 2.21. The highest BCUT2D eigenvalue weighted by Crippen LogP contribution is 2.33. The summed E-state index contributed by atoms with van der Waals surface area (Å²) in [7, 11) is 1.73. The quantitative estimate of drug-likeness (QED) is 0.895. The molecule has 0 bridgehead atoms. The van der Waals surface area contributed by atoms with Crippen LogP contribution in [0, 0.1) is 5.92 Å². The van der Waals surface area contributed by atoms with E-state index in [1.165, 1.54) is 44.2 Å². The van der Waals surface area contributed by atoms with Gasteiger partial charge in [-0.25, -0.2) is 0 Å². The van der Waals surface area contributed by atoms with Gasteiger partial charge in [-0.15, -0.1) is 0 Å². The summed E-state index contributed by atoms with van der Waals surface area (Å²) >= 11 is 0. The summed E-state index contributed by atoms with van der Waals surface area (Å²) in [5, 5.41) is 3.48. The highest BCUT2D eigenvalue weighted by atomic mass is 16.5. The SMILES string of the molecule is COc1cc(CC2CCCNC2)ccc1OC1CCC1. The van der Waals surface area contributed by atoms with Crippen LogP contribution in [0.2, 0.25) is 0 Å². The first-order valence-corrected chi connectivity index (χ1v) is 7.89. The van der Waals surface area contributed by atoms with Crippen LogP contribution in [0.5, 0.6) is 11.5 Å². The van der Waals surface area contributed by atoms with Crippen molar-refractivity contribution >= 4 is 0 Å². The van der Waals surface area contributed by atoms with Crippen LogP contribution in [0.15, 0.2) is 18.2 Å². The van der Waals surface area contributed by atoms with Gasteiger partial charge in [0, 0.05) is 0 Å². The lowest BCUT2D eigenvalue weighted by molar-refractivity contribution is 0.116. The molecular weight excluding hydrogens is 250 g/mol. The zero-order valence-corrected chi connectivity index (χ0v) is 12.4. The van der Waals surface area contributed by atoms with Gasteiger partial charge in [-0.2, -0.15) is 0 Å². The number of hydrogen-bond donors (Lipinski definition) is 1. The van der Waals surface area contributed by atoms with Gasteiger partial charge >= 0.3 is 0 Å². The standard InChI is InChI=1S/C17H25NO2/c1-19-17-11-13(10-14-4-3-9-18-12-14)7-8-16(17)20-15-5-2-6-15/h7-8,11,14-15,18H,2-6,9-10,12H2,1H3. The third kappa shape index (κ3) is 3.26. The normalized spacial score (nSPS) is 23.1. The largest absolute Gasteiger partial charge is 0.493 e. The van der Waals surface area contributed by atoms with E-state index in [0.29, 0.717) is 6.10 Å². The van der Waals surface area contributed by atoms with Gasteiger partial charge in [0.1, 0.15) is 0 Å². The molecule has 0 spiro atoms. The van der Waals surface area contributed by atoms with Gasteiger partial charge in [0.2, 0.25) is 0 Å². The van der Waals surface area contributed by atoms with E-state index in [2.05, 4.69) is 23.5 Å². The van der Waals surface area contributed by atoms with E-state index >= 15 is 0 Å². The van der Waals surface area contributed by atoms with E-state index < -0.39 is 0 Å². The second kappa shape index (κ2) is 6.49. The summed E-state index contributed by atoms with van der Waals surface area (Å²) in [4.78, 5) is 0. The molecule has 1 heterocycles. The molecule has 1 aliphatic carbocycles. The van der Waals surface area contributed by atoms with Gasteiger partial charge in [-0.3, -0.25) is 0 Å². The maximum atomic E-state index is 5.98. The van der Waals surface area contributed by atoms with Crippen LogP contribution in [0.3, 0.4) is 0 Å². The number of benzene rings is 1. The first-order valence-electron chi connectivity index (χ1n) is 7.89. The average molecular weight is 275 g/mol. The molecule has 1 aromatic rings. The van der Waals surface area contributed by atoms with Gasteiger partial charge in [-0.05, 0) is 75.2 Å². The van der Waals surface area contributed by atoms with Crippen LogP contribution in [-0.2, 0) is 6.42 Å². The lowest BCUT2D eigenvalue weighted by Gasteiger charge is -2.27. The number of methoxy groups -OCH3 is 1. The minimum atomic E-state index is 0.400. The maximum absolute atomic E-state index is 5.98. The number of ether oxygens (including phenoxy) is 2. The topological polar surface area (TPSA) is 30.5 Å². The molecule has 20 heavy (non-hydrogen) atoms. The van der Waals surface area contributed by atoms with Gasteiger partial charge < -0.3 is 14.8 Å². The third-order valence-corrected chi connectivity index (χ3v) is 4.50. The highest BCUT2D eigenvalue weighted by molar-refractivity contribution is 5.43. The minimum absolute atomic E-state index is 0.400. The molecule has 1 aromatic carbocycles. The van der Waals surface area contributed by atoms with Crippen molar-refractivity contribution in [3.63, 3.8) is 0 Å². The number of rotatable bonds is 5. The molecule has 1 unspecified atom stereocenters. The molecule has 0 amide bonds. The van der Waals surface area contributed by atoms with Crippen LogP contribution in [0.4, 0.5) is 0 Å². The molecule has 3 nitrogen and oxygen atoms in total.